The van der Waals surface area contributed by atoms with E-state index in [-0.39, 0.29) is 17.0 Å². The molecule has 9 heteroatoms. The lowest BCUT2D eigenvalue weighted by Crippen LogP contribution is -2.05. The SMILES string of the molecule is COC(=O)/C=C/c1nn(Cc2ccc(F)cc2F)c2cc(S(C)(=O)=O)ccc12. The van der Waals surface area contributed by atoms with Crippen LogP contribution >= 0.6 is 0 Å². The van der Waals surface area contributed by atoms with Crippen LogP contribution in [-0.4, -0.2) is 37.5 Å². The second-order valence-corrected chi connectivity index (χ2v) is 8.10. The van der Waals surface area contributed by atoms with Gasteiger partial charge in [-0.3, -0.25) is 4.68 Å². The van der Waals surface area contributed by atoms with Crippen LogP contribution in [0.2, 0.25) is 0 Å². The summed E-state index contributed by atoms with van der Waals surface area (Å²) in [6, 6.07) is 7.60. The summed E-state index contributed by atoms with van der Waals surface area (Å²) >= 11 is 0. The number of carbonyl (C=O) groups is 1. The second-order valence-electron chi connectivity index (χ2n) is 6.09. The van der Waals surface area contributed by atoms with Gasteiger partial charge in [0.25, 0.3) is 0 Å². The van der Waals surface area contributed by atoms with Crippen molar-refractivity contribution in [3.8, 4) is 0 Å². The van der Waals surface area contributed by atoms with Gasteiger partial charge in [-0.15, -0.1) is 0 Å². The van der Waals surface area contributed by atoms with E-state index >= 15 is 0 Å². The van der Waals surface area contributed by atoms with Crippen LogP contribution in [0, 0.1) is 11.6 Å². The summed E-state index contributed by atoms with van der Waals surface area (Å²) in [6.45, 7) is -0.0537. The summed E-state index contributed by atoms with van der Waals surface area (Å²) < 4.78 is 57.0. The van der Waals surface area contributed by atoms with Crippen molar-refractivity contribution in [3.05, 3.63) is 65.4 Å². The van der Waals surface area contributed by atoms with E-state index in [1.54, 1.807) is 6.07 Å². The minimum Gasteiger partial charge on any atom is -0.466 e. The Bertz CT molecular complexity index is 1200. The number of fused-ring (bicyclic) bond motifs is 1. The zero-order valence-corrected chi connectivity index (χ0v) is 15.8. The van der Waals surface area contributed by atoms with E-state index in [1.165, 1.54) is 42.1 Å². The Morgan fingerprint density at radius 2 is 1.96 bits per heavy atom. The van der Waals surface area contributed by atoms with E-state index < -0.39 is 27.4 Å². The Balaban J connectivity index is 2.15. The molecule has 0 aliphatic rings. The van der Waals surface area contributed by atoms with Gasteiger partial charge in [-0.1, -0.05) is 6.07 Å². The molecule has 3 aromatic rings. The molecule has 0 aliphatic heterocycles. The van der Waals surface area contributed by atoms with Crippen LogP contribution in [0.25, 0.3) is 17.0 Å². The molecule has 0 amide bonds. The zero-order chi connectivity index (χ0) is 20.5. The van der Waals surface area contributed by atoms with Gasteiger partial charge in [0.2, 0.25) is 0 Å². The number of halogens is 2. The Morgan fingerprint density at radius 1 is 1.21 bits per heavy atom. The van der Waals surface area contributed by atoms with Crippen molar-refractivity contribution in [2.24, 2.45) is 0 Å². The summed E-state index contributed by atoms with van der Waals surface area (Å²) in [5.74, 6) is -2.03. The third-order valence-electron chi connectivity index (χ3n) is 4.09. The topological polar surface area (TPSA) is 78.3 Å². The molecule has 3 rings (SSSR count). The Kier molecular flexibility index (Phi) is 5.28. The lowest BCUT2D eigenvalue weighted by molar-refractivity contribution is -0.134. The smallest absolute Gasteiger partial charge is 0.330 e. The summed E-state index contributed by atoms with van der Waals surface area (Å²) in [4.78, 5) is 11.4. The average molecular weight is 406 g/mol. The number of benzene rings is 2. The molecule has 146 valence electrons. The van der Waals surface area contributed by atoms with Crippen LogP contribution in [-0.2, 0) is 25.9 Å². The number of sulfone groups is 1. The van der Waals surface area contributed by atoms with Gasteiger partial charge in [0, 0.05) is 29.3 Å². The predicted molar refractivity (Wildman–Crippen MR) is 99.4 cm³/mol. The van der Waals surface area contributed by atoms with Gasteiger partial charge in [0.05, 0.1) is 29.8 Å². The minimum absolute atomic E-state index is 0.0537. The number of methoxy groups -OCH3 is 1. The van der Waals surface area contributed by atoms with Crippen LogP contribution in [0.5, 0.6) is 0 Å². The monoisotopic (exact) mass is 406 g/mol. The Labute approximate surface area is 160 Å². The van der Waals surface area contributed by atoms with Gasteiger partial charge in [0.1, 0.15) is 11.6 Å². The van der Waals surface area contributed by atoms with E-state index in [2.05, 4.69) is 9.84 Å². The molecule has 0 bridgehead atoms. The molecular weight excluding hydrogens is 390 g/mol. The molecule has 2 aromatic carbocycles. The highest BCUT2D eigenvalue weighted by molar-refractivity contribution is 7.90. The first-order valence-electron chi connectivity index (χ1n) is 8.09. The number of hydrogen-bond acceptors (Lipinski definition) is 5. The third kappa shape index (κ3) is 4.09. The molecule has 0 fully saturated rings. The molecule has 0 radical (unpaired) electrons. The van der Waals surface area contributed by atoms with E-state index in [4.69, 9.17) is 0 Å². The lowest BCUT2D eigenvalue weighted by Gasteiger charge is -2.06. The quantitative estimate of drug-likeness (QED) is 0.481. The Morgan fingerprint density at radius 3 is 2.61 bits per heavy atom. The highest BCUT2D eigenvalue weighted by Gasteiger charge is 2.15. The van der Waals surface area contributed by atoms with Crippen molar-refractivity contribution in [2.45, 2.75) is 11.4 Å². The van der Waals surface area contributed by atoms with Gasteiger partial charge in [-0.2, -0.15) is 5.10 Å². The highest BCUT2D eigenvalue weighted by Crippen LogP contribution is 2.25. The molecule has 0 N–H and O–H groups in total. The van der Waals surface area contributed by atoms with Gasteiger partial charge >= 0.3 is 5.97 Å². The number of ether oxygens (including phenoxy) is 1. The largest absolute Gasteiger partial charge is 0.466 e. The fourth-order valence-corrected chi connectivity index (χ4v) is 3.32. The average Bonchev–Trinajstić information content (AvgIpc) is 2.98. The summed E-state index contributed by atoms with van der Waals surface area (Å²) in [5.41, 5.74) is 0.984. The van der Waals surface area contributed by atoms with Crippen molar-refractivity contribution in [3.63, 3.8) is 0 Å². The number of nitrogens with zero attached hydrogens (tertiary/aromatic N) is 2. The lowest BCUT2D eigenvalue weighted by atomic mass is 10.2. The number of aromatic nitrogens is 2. The molecule has 0 atom stereocenters. The molecule has 0 saturated heterocycles. The minimum atomic E-state index is -3.48. The van der Waals surface area contributed by atoms with Crippen LogP contribution < -0.4 is 0 Å². The number of hydrogen-bond donors (Lipinski definition) is 0. The first-order chi connectivity index (χ1) is 13.2. The van der Waals surface area contributed by atoms with Gasteiger partial charge in [-0.25, -0.2) is 22.0 Å². The summed E-state index contributed by atoms with van der Waals surface area (Å²) in [7, 11) is -2.24. The van der Waals surface area contributed by atoms with Crippen LogP contribution in [0.4, 0.5) is 8.78 Å². The molecule has 0 unspecified atom stereocenters. The molecule has 0 aliphatic carbocycles. The van der Waals surface area contributed by atoms with Crippen molar-refractivity contribution in [1.82, 2.24) is 9.78 Å². The maximum Gasteiger partial charge on any atom is 0.330 e. The second kappa shape index (κ2) is 7.51. The van der Waals surface area contributed by atoms with E-state index in [0.717, 1.165) is 18.4 Å². The molecule has 1 heterocycles. The molecule has 0 spiro atoms. The van der Waals surface area contributed by atoms with E-state index in [0.29, 0.717) is 16.6 Å². The fraction of sp³-hybridized carbons (Fsp3) is 0.158. The Hall–Kier alpha value is -3.07. The molecule has 28 heavy (non-hydrogen) atoms. The first kappa shape index (κ1) is 19.7. The number of rotatable bonds is 5. The zero-order valence-electron chi connectivity index (χ0n) is 15.0. The van der Waals surface area contributed by atoms with Gasteiger partial charge in [0.15, 0.2) is 9.84 Å². The normalized spacial score (nSPS) is 12.0. The van der Waals surface area contributed by atoms with Gasteiger partial charge in [-0.05, 0) is 30.3 Å². The number of esters is 1. The van der Waals surface area contributed by atoms with E-state index in [9.17, 15) is 22.0 Å². The highest BCUT2D eigenvalue weighted by atomic mass is 32.2. The number of carbonyl (C=O) groups excluding carboxylic acids is 1. The van der Waals surface area contributed by atoms with Crippen LogP contribution in [0.3, 0.4) is 0 Å². The molecule has 1 aromatic heterocycles. The van der Waals surface area contributed by atoms with Gasteiger partial charge < -0.3 is 4.74 Å². The third-order valence-corrected chi connectivity index (χ3v) is 5.20. The standard InChI is InChI=1S/C19H16F2N2O4S/c1-27-19(24)8-7-17-15-6-5-14(28(2,25)26)10-18(15)23(22-17)11-12-3-4-13(20)9-16(12)21/h3-10H,11H2,1-2H3/b8-7+. The first-order valence-corrected chi connectivity index (χ1v) is 9.99. The summed E-state index contributed by atoms with van der Waals surface area (Å²) in [5, 5.41) is 4.91. The van der Waals surface area contributed by atoms with Crippen molar-refractivity contribution < 1.29 is 26.7 Å². The molecule has 0 saturated carbocycles. The molecular formula is C19H16F2N2O4S. The van der Waals surface area contributed by atoms with Crippen LogP contribution in [0.1, 0.15) is 11.3 Å². The molecule has 6 nitrogen and oxygen atoms in total. The predicted octanol–water partition coefficient (Wildman–Crippen LogP) is 2.95. The summed E-state index contributed by atoms with van der Waals surface area (Å²) in [6.07, 6.45) is 3.67. The van der Waals surface area contributed by atoms with Crippen molar-refractivity contribution in [1.29, 1.82) is 0 Å². The fourth-order valence-electron chi connectivity index (χ4n) is 2.68. The van der Waals surface area contributed by atoms with E-state index in [1.807, 2.05) is 0 Å². The van der Waals surface area contributed by atoms with Crippen molar-refractivity contribution >= 4 is 32.8 Å². The van der Waals surface area contributed by atoms with Crippen molar-refractivity contribution in [2.75, 3.05) is 13.4 Å². The maximum absolute atomic E-state index is 14.1. The maximum atomic E-state index is 14.1. The van der Waals surface area contributed by atoms with Crippen LogP contribution in [0.15, 0.2) is 47.4 Å².